The van der Waals surface area contributed by atoms with Crippen LogP contribution < -0.4 is 0 Å². The Balaban J connectivity index is 0.000000781. The van der Waals surface area contributed by atoms with Crippen LogP contribution in [0.2, 0.25) is 0 Å². The lowest BCUT2D eigenvalue weighted by Crippen LogP contribution is -2.21. The van der Waals surface area contributed by atoms with E-state index in [1.165, 1.54) is 13.0 Å². The Morgan fingerprint density at radius 3 is 2.11 bits per heavy atom. The number of ether oxygens (including phenoxy) is 2. The van der Waals surface area contributed by atoms with E-state index in [9.17, 15) is 27.9 Å². The van der Waals surface area contributed by atoms with Crippen molar-refractivity contribution in [2.75, 3.05) is 6.61 Å². The van der Waals surface area contributed by atoms with Gasteiger partial charge in [-0.1, -0.05) is 32.1 Å². The zero-order valence-electron chi connectivity index (χ0n) is 23.1. The number of aromatic hydroxyl groups is 1. The van der Waals surface area contributed by atoms with Gasteiger partial charge < -0.3 is 14.6 Å². The SMILES string of the molecule is CC(=O)OC(C)(C)C.CCOC(=O)c1ccc(C#Cc2ccc(O)cc2C(F)(F)F)c(CCCC(C)C)c1. The number of carbonyl (C=O) groups excluding carboxylic acids is 2. The maximum absolute atomic E-state index is 13.3. The second-order valence-corrected chi connectivity index (χ2v) is 10.1. The average molecular weight is 535 g/mol. The Bertz CT molecular complexity index is 1150. The number of alkyl halides is 3. The van der Waals surface area contributed by atoms with Crippen LogP contribution in [0.1, 0.15) is 93.9 Å². The summed E-state index contributed by atoms with van der Waals surface area (Å²) in [5.74, 6) is 4.77. The Morgan fingerprint density at radius 1 is 1.00 bits per heavy atom. The minimum atomic E-state index is -4.63. The van der Waals surface area contributed by atoms with Crippen molar-refractivity contribution < 1.29 is 37.3 Å². The molecule has 0 aliphatic carbocycles. The number of rotatable bonds is 6. The van der Waals surface area contributed by atoms with E-state index in [-0.39, 0.29) is 23.7 Å². The molecule has 2 rings (SSSR count). The van der Waals surface area contributed by atoms with Gasteiger partial charge in [0.15, 0.2) is 0 Å². The van der Waals surface area contributed by atoms with Crippen LogP contribution in [0.5, 0.6) is 5.75 Å². The number of aryl methyl sites for hydroxylation is 1. The summed E-state index contributed by atoms with van der Waals surface area (Å²) in [5.41, 5.74) is 0.213. The molecule has 5 nitrogen and oxygen atoms in total. The molecular formula is C30H37F3O5. The van der Waals surface area contributed by atoms with Crippen molar-refractivity contribution in [1.82, 2.24) is 0 Å². The number of carbonyl (C=O) groups is 2. The molecule has 208 valence electrons. The van der Waals surface area contributed by atoms with E-state index in [4.69, 9.17) is 9.47 Å². The highest BCUT2D eigenvalue weighted by atomic mass is 19.4. The third-order valence-electron chi connectivity index (χ3n) is 4.93. The minimum Gasteiger partial charge on any atom is -0.508 e. The minimum absolute atomic E-state index is 0.220. The van der Waals surface area contributed by atoms with Crippen LogP contribution in [-0.4, -0.2) is 29.3 Å². The van der Waals surface area contributed by atoms with E-state index in [1.807, 2.05) is 20.8 Å². The molecule has 2 aromatic rings. The van der Waals surface area contributed by atoms with Crippen molar-refractivity contribution in [1.29, 1.82) is 0 Å². The molecule has 2 aromatic carbocycles. The predicted molar refractivity (Wildman–Crippen MR) is 141 cm³/mol. The molecule has 0 saturated carbocycles. The Morgan fingerprint density at radius 2 is 1.61 bits per heavy atom. The summed E-state index contributed by atoms with van der Waals surface area (Å²) in [4.78, 5) is 22.3. The van der Waals surface area contributed by atoms with E-state index in [0.29, 0.717) is 29.5 Å². The number of esters is 2. The summed E-state index contributed by atoms with van der Waals surface area (Å²) in [6.45, 7) is 13.1. The van der Waals surface area contributed by atoms with Crippen LogP contribution in [0.25, 0.3) is 0 Å². The first-order valence-corrected chi connectivity index (χ1v) is 12.4. The van der Waals surface area contributed by atoms with Crippen molar-refractivity contribution in [3.63, 3.8) is 0 Å². The molecule has 0 aliphatic rings. The maximum atomic E-state index is 13.3. The van der Waals surface area contributed by atoms with Gasteiger partial charge in [-0.15, -0.1) is 0 Å². The summed E-state index contributed by atoms with van der Waals surface area (Å²) >= 11 is 0. The van der Waals surface area contributed by atoms with Gasteiger partial charge in [-0.2, -0.15) is 13.2 Å². The van der Waals surface area contributed by atoms with Gasteiger partial charge in [0.25, 0.3) is 0 Å². The molecule has 0 spiro atoms. The first-order valence-electron chi connectivity index (χ1n) is 12.4. The van der Waals surface area contributed by atoms with E-state index >= 15 is 0 Å². The Kier molecular flexibility index (Phi) is 12.4. The van der Waals surface area contributed by atoms with Crippen LogP contribution in [0.4, 0.5) is 13.2 Å². The van der Waals surface area contributed by atoms with Crippen LogP contribution in [0.3, 0.4) is 0 Å². The van der Waals surface area contributed by atoms with Crippen molar-refractivity contribution >= 4 is 11.9 Å². The molecule has 0 aliphatic heterocycles. The van der Waals surface area contributed by atoms with E-state index in [1.54, 1.807) is 25.1 Å². The summed E-state index contributed by atoms with van der Waals surface area (Å²) in [5, 5.41) is 9.41. The maximum Gasteiger partial charge on any atom is 0.417 e. The fraction of sp³-hybridized carbons (Fsp3) is 0.467. The molecule has 1 N–H and O–H groups in total. The lowest BCUT2D eigenvalue weighted by Gasteiger charge is -2.17. The highest BCUT2D eigenvalue weighted by Gasteiger charge is 2.33. The number of benzene rings is 2. The lowest BCUT2D eigenvalue weighted by atomic mass is 9.96. The summed E-state index contributed by atoms with van der Waals surface area (Å²) in [7, 11) is 0. The smallest absolute Gasteiger partial charge is 0.417 e. The quantitative estimate of drug-likeness (QED) is 0.311. The van der Waals surface area contributed by atoms with Gasteiger partial charge in [-0.25, -0.2) is 4.79 Å². The highest BCUT2D eigenvalue weighted by Crippen LogP contribution is 2.34. The number of hydrogen-bond donors (Lipinski definition) is 1. The van der Waals surface area contributed by atoms with Gasteiger partial charge in [0.1, 0.15) is 11.4 Å². The molecule has 0 bridgehead atoms. The van der Waals surface area contributed by atoms with E-state index in [0.717, 1.165) is 24.5 Å². The number of halogens is 3. The van der Waals surface area contributed by atoms with Gasteiger partial charge in [0, 0.05) is 18.1 Å². The number of phenols is 1. The molecule has 38 heavy (non-hydrogen) atoms. The molecule has 8 heteroatoms. The van der Waals surface area contributed by atoms with Gasteiger partial charge in [-0.3, -0.25) is 4.79 Å². The van der Waals surface area contributed by atoms with Crippen LogP contribution in [0, 0.1) is 17.8 Å². The van der Waals surface area contributed by atoms with Crippen LogP contribution in [0.15, 0.2) is 36.4 Å². The first-order chi connectivity index (χ1) is 17.5. The average Bonchev–Trinajstić information content (AvgIpc) is 2.76. The topological polar surface area (TPSA) is 72.8 Å². The second kappa shape index (κ2) is 14.5. The van der Waals surface area contributed by atoms with E-state index in [2.05, 4.69) is 25.7 Å². The molecule has 0 saturated heterocycles. The van der Waals surface area contributed by atoms with E-state index < -0.39 is 23.5 Å². The summed E-state index contributed by atoms with van der Waals surface area (Å²) < 4.78 is 49.6. The molecule has 0 unspecified atom stereocenters. The molecule has 0 aromatic heterocycles. The van der Waals surface area contributed by atoms with Gasteiger partial charge in [-0.05, 0) is 88.4 Å². The standard InChI is InChI=1S/C24H25F3O3.C6H12O2/c1-4-30-23(29)20-11-9-17(19(14-20)7-5-6-16(2)3)8-10-18-12-13-21(28)15-22(18)24(25,26)27;1-5(7)8-6(2,3)4/h9,11-16,28H,4-7H2,1-3H3;1-4H3. The largest absolute Gasteiger partial charge is 0.508 e. The second-order valence-electron chi connectivity index (χ2n) is 10.1. The van der Waals surface area contributed by atoms with Crippen molar-refractivity contribution in [2.45, 2.75) is 79.5 Å². The van der Waals surface area contributed by atoms with Crippen molar-refractivity contribution in [2.24, 2.45) is 5.92 Å². The highest BCUT2D eigenvalue weighted by molar-refractivity contribution is 5.89. The predicted octanol–water partition coefficient (Wildman–Crippen LogP) is 7.31. The lowest BCUT2D eigenvalue weighted by molar-refractivity contribution is -0.151. The third kappa shape index (κ3) is 12.2. The summed E-state index contributed by atoms with van der Waals surface area (Å²) in [6, 6.07) is 7.89. The van der Waals surface area contributed by atoms with Crippen molar-refractivity contribution in [3.8, 4) is 17.6 Å². The zero-order valence-corrected chi connectivity index (χ0v) is 23.1. The van der Waals surface area contributed by atoms with Crippen molar-refractivity contribution in [3.05, 3.63) is 64.2 Å². The third-order valence-corrected chi connectivity index (χ3v) is 4.93. The Hall–Kier alpha value is -3.47. The monoisotopic (exact) mass is 534 g/mol. The fourth-order valence-corrected chi connectivity index (χ4v) is 3.41. The van der Waals surface area contributed by atoms with Crippen LogP contribution in [-0.2, 0) is 26.9 Å². The fourth-order valence-electron chi connectivity index (χ4n) is 3.41. The molecule has 0 heterocycles. The molecule has 0 fully saturated rings. The van der Waals surface area contributed by atoms with Gasteiger partial charge in [0.2, 0.25) is 0 Å². The van der Waals surface area contributed by atoms with Crippen LogP contribution >= 0.6 is 0 Å². The molecular weight excluding hydrogens is 497 g/mol. The zero-order chi connectivity index (χ0) is 29.1. The first kappa shape index (κ1) is 32.6. The normalized spacial score (nSPS) is 11.1. The Labute approximate surface area is 223 Å². The number of phenolic OH excluding ortho intramolecular Hbond substituents is 1. The van der Waals surface area contributed by atoms with Gasteiger partial charge in [0.05, 0.1) is 17.7 Å². The molecule has 0 atom stereocenters. The molecule has 0 radical (unpaired) electrons. The number of hydrogen-bond acceptors (Lipinski definition) is 5. The summed E-state index contributed by atoms with van der Waals surface area (Å²) in [6.07, 6.45) is -2.13. The molecule has 0 amide bonds. The van der Waals surface area contributed by atoms with Gasteiger partial charge >= 0.3 is 18.1 Å².